The van der Waals surface area contributed by atoms with Crippen LogP contribution in [0.4, 0.5) is 5.69 Å². The zero-order valence-corrected chi connectivity index (χ0v) is 14.4. The summed E-state index contributed by atoms with van der Waals surface area (Å²) in [5, 5.41) is 11.1. The first-order chi connectivity index (χ1) is 12.0. The smallest absolute Gasteiger partial charge is 0.363 e. The molecule has 0 amide bonds. The maximum atomic E-state index is 12.1. The number of hydrogen-bond donors (Lipinski definition) is 0. The van der Waals surface area contributed by atoms with Crippen molar-refractivity contribution in [3.05, 3.63) is 75.0 Å². The van der Waals surface area contributed by atoms with Crippen molar-refractivity contribution in [1.82, 2.24) is 0 Å². The largest absolute Gasteiger partial charge is 0.402 e. The van der Waals surface area contributed by atoms with Gasteiger partial charge in [0.05, 0.1) is 4.92 Å². The molecule has 7 heteroatoms. The summed E-state index contributed by atoms with van der Waals surface area (Å²) in [5.74, 6) is -0.493. The van der Waals surface area contributed by atoms with Crippen LogP contribution in [0.15, 0.2) is 58.0 Å². The van der Waals surface area contributed by atoms with Crippen molar-refractivity contribution in [1.29, 1.82) is 0 Å². The van der Waals surface area contributed by atoms with E-state index in [1.165, 1.54) is 6.07 Å². The minimum absolute atomic E-state index is 0.0404. The SMILES string of the molecule is CSc1ccc(C=C2N=C(c3cccc([N+](=O)[O-])c3C)OC2=O)cc1. The minimum Gasteiger partial charge on any atom is -0.402 e. The predicted octanol–water partition coefficient (Wildman–Crippen LogP) is 3.97. The first-order valence-electron chi connectivity index (χ1n) is 7.40. The molecule has 0 N–H and O–H groups in total. The molecular weight excluding hydrogens is 340 g/mol. The molecule has 126 valence electrons. The Morgan fingerprint density at radius 2 is 1.92 bits per heavy atom. The third kappa shape index (κ3) is 3.46. The van der Waals surface area contributed by atoms with Crippen LogP contribution in [-0.4, -0.2) is 23.0 Å². The molecule has 2 aromatic rings. The number of thioether (sulfide) groups is 1. The quantitative estimate of drug-likeness (QED) is 0.273. The first kappa shape index (κ1) is 16.9. The van der Waals surface area contributed by atoms with Crippen LogP contribution in [0.5, 0.6) is 0 Å². The van der Waals surface area contributed by atoms with Gasteiger partial charge in [0.15, 0.2) is 5.70 Å². The Balaban J connectivity index is 1.96. The molecule has 1 aliphatic rings. The van der Waals surface area contributed by atoms with Crippen molar-refractivity contribution in [2.75, 3.05) is 6.26 Å². The molecule has 25 heavy (non-hydrogen) atoms. The van der Waals surface area contributed by atoms with Crippen molar-refractivity contribution in [2.24, 2.45) is 4.99 Å². The van der Waals surface area contributed by atoms with Gasteiger partial charge in [-0.25, -0.2) is 9.79 Å². The molecule has 0 saturated carbocycles. The number of nitro benzene ring substituents is 1. The van der Waals surface area contributed by atoms with Crippen LogP contribution in [0.2, 0.25) is 0 Å². The Kier molecular flexibility index (Phi) is 4.67. The lowest BCUT2D eigenvalue weighted by Crippen LogP contribution is -2.08. The van der Waals surface area contributed by atoms with Gasteiger partial charge < -0.3 is 4.74 Å². The monoisotopic (exact) mass is 354 g/mol. The Hall–Kier alpha value is -2.93. The van der Waals surface area contributed by atoms with Gasteiger partial charge in [0, 0.05) is 22.1 Å². The number of carbonyl (C=O) groups is 1. The highest BCUT2D eigenvalue weighted by Gasteiger charge is 2.27. The van der Waals surface area contributed by atoms with Gasteiger partial charge in [-0.05, 0) is 43.0 Å². The van der Waals surface area contributed by atoms with Gasteiger partial charge in [0.25, 0.3) is 5.69 Å². The van der Waals surface area contributed by atoms with Crippen molar-refractivity contribution in [3.8, 4) is 0 Å². The third-order valence-corrected chi connectivity index (χ3v) is 4.52. The van der Waals surface area contributed by atoms with Crippen molar-refractivity contribution in [2.45, 2.75) is 11.8 Å². The van der Waals surface area contributed by atoms with Gasteiger partial charge in [-0.2, -0.15) is 0 Å². The molecule has 0 saturated heterocycles. The summed E-state index contributed by atoms with van der Waals surface area (Å²) >= 11 is 1.63. The fourth-order valence-corrected chi connectivity index (χ4v) is 2.84. The Labute approximate surface area is 148 Å². The normalized spacial score (nSPS) is 15.2. The zero-order valence-electron chi connectivity index (χ0n) is 13.6. The summed E-state index contributed by atoms with van der Waals surface area (Å²) in [6.07, 6.45) is 3.62. The van der Waals surface area contributed by atoms with Gasteiger partial charge in [-0.3, -0.25) is 10.1 Å². The van der Waals surface area contributed by atoms with E-state index in [0.717, 1.165) is 10.5 Å². The maximum absolute atomic E-state index is 12.1. The van der Waals surface area contributed by atoms with E-state index in [-0.39, 0.29) is 17.3 Å². The fraction of sp³-hybridized carbons (Fsp3) is 0.111. The Morgan fingerprint density at radius 3 is 2.56 bits per heavy atom. The highest BCUT2D eigenvalue weighted by molar-refractivity contribution is 7.98. The summed E-state index contributed by atoms with van der Waals surface area (Å²) in [6.45, 7) is 1.60. The zero-order chi connectivity index (χ0) is 18.0. The summed E-state index contributed by atoms with van der Waals surface area (Å²) in [4.78, 5) is 28.0. The molecule has 1 aliphatic heterocycles. The van der Waals surface area contributed by atoms with Crippen LogP contribution in [0.3, 0.4) is 0 Å². The van der Waals surface area contributed by atoms with Crippen molar-refractivity contribution < 1.29 is 14.5 Å². The number of benzene rings is 2. The van der Waals surface area contributed by atoms with Gasteiger partial charge in [-0.15, -0.1) is 11.8 Å². The molecule has 6 nitrogen and oxygen atoms in total. The van der Waals surface area contributed by atoms with E-state index in [1.807, 2.05) is 30.5 Å². The Bertz CT molecular complexity index is 917. The topological polar surface area (TPSA) is 81.8 Å². The van der Waals surface area contributed by atoms with Crippen LogP contribution in [0, 0.1) is 17.0 Å². The van der Waals surface area contributed by atoms with Crippen LogP contribution in [-0.2, 0) is 9.53 Å². The highest BCUT2D eigenvalue weighted by Crippen LogP contribution is 2.26. The highest BCUT2D eigenvalue weighted by atomic mass is 32.2. The number of cyclic esters (lactones) is 1. The standard InChI is InChI=1S/C18H14N2O4S/c1-11-14(4-3-5-16(11)20(22)23)17-19-15(18(21)24-17)10-12-6-8-13(25-2)9-7-12/h3-10H,1-2H3. The molecule has 2 aromatic carbocycles. The van der Waals surface area contributed by atoms with E-state index >= 15 is 0 Å². The van der Waals surface area contributed by atoms with Crippen molar-refractivity contribution >= 4 is 35.4 Å². The van der Waals surface area contributed by atoms with E-state index in [4.69, 9.17) is 4.74 Å². The molecule has 0 aliphatic carbocycles. The molecular formula is C18H14N2O4S. The van der Waals surface area contributed by atoms with Crippen LogP contribution < -0.4 is 0 Å². The van der Waals surface area contributed by atoms with Crippen molar-refractivity contribution in [3.63, 3.8) is 0 Å². The molecule has 0 spiro atoms. The second-order valence-electron chi connectivity index (χ2n) is 5.32. The van der Waals surface area contributed by atoms with Gasteiger partial charge in [-0.1, -0.05) is 18.2 Å². The molecule has 0 radical (unpaired) electrons. The maximum Gasteiger partial charge on any atom is 0.363 e. The lowest BCUT2D eigenvalue weighted by molar-refractivity contribution is -0.385. The fourth-order valence-electron chi connectivity index (χ4n) is 2.44. The second-order valence-corrected chi connectivity index (χ2v) is 6.20. The molecule has 0 aromatic heterocycles. The number of ether oxygens (including phenoxy) is 1. The average Bonchev–Trinajstić information content (AvgIpc) is 2.96. The number of esters is 1. The van der Waals surface area contributed by atoms with Gasteiger partial charge >= 0.3 is 5.97 Å². The minimum atomic E-state index is -0.574. The summed E-state index contributed by atoms with van der Waals surface area (Å²) < 4.78 is 5.21. The summed E-state index contributed by atoms with van der Waals surface area (Å²) in [6, 6.07) is 12.3. The molecule has 0 fully saturated rings. The van der Waals surface area contributed by atoms with E-state index in [0.29, 0.717) is 11.1 Å². The molecule has 3 rings (SSSR count). The summed E-state index contributed by atoms with van der Waals surface area (Å²) in [5.41, 5.74) is 1.79. The van der Waals surface area contributed by atoms with Crippen LogP contribution in [0.25, 0.3) is 6.08 Å². The molecule has 0 atom stereocenters. The number of rotatable bonds is 4. The predicted molar refractivity (Wildman–Crippen MR) is 96.7 cm³/mol. The lowest BCUT2D eigenvalue weighted by Gasteiger charge is -2.04. The van der Waals surface area contributed by atoms with Crippen LogP contribution >= 0.6 is 11.8 Å². The van der Waals surface area contributed by atoms with Crippen LogP contribution in [0.1, 0.15) is 16.7 Å². The number of nitrogens with zero attached hydrogens (tertiary/aromatic N) is 2. The molecule has 0 bridgehead atoms. The average molecular weight is 354 g/mol. The van der Waals surface area contributed by atoms with Gasteiger partial charge in [0.1, 0.15) is 0 Å². The van der Waals surface area contributed by atoms with E-state index in [1.54, 1.807) is 36.9 Å². The lowest BCUT2D eigenvalue weighted by atomic mass is 10.1. The third-order valence-electron chi connectivity index (χ3n) is 3.77. The number of nitro groups is 1. The summed E-state index contributed by atoms with van der Waals surface area (Å²) in [7, 11) is 0. The number of hydrogen-bond acceptors (Lipinski definition) is 6. The van der Waals surface area contributed by atoms with E-state index < -0.39 is 10.9 Å². The molecule has 0 unspecified atom stereocenters. The number of carbonyl (C=O) groups excluding carboxylic acids is 1. The Morgan fingerprint density at radius 1 is 1.20 bits per heavy atom. The van der Waals surface area contributed by atoms with E-state index in [2.05, 4.69) is 4.99 Å². The van der Waals surface area contributed by atoms with E-state index in [9.17, 15) is 14.9 Å². The second kappa shape index (κ2) is 6.90. The number of aliphatic imine (C=N–C) groups is 1. The first-order valence-corrected chi connectivity index (χ1v) is 8.63. The van der Waals surface area contributed by atoms with Gasteiger partial charge in [0.2, 0.25) is 5.90 Å². The molecule has 1 heterocycles.